The predicted molar refractivity (Wildman–Crippen MR) is 78.4 cm³/mol. The number of allylic oxidation sites excluding steroid dienone is 3. The Labute approximate surface area is 114 Å². The summed E-state index contributed by atoms with van der Waals surface area (Å²) in [5.74, 6) is 0.727. The summed E-state index contributed by atoms with van der Waals surface area (Å²) in [6, 6.07) is 7.09. The number of phenolic OH excluding ortho intramolecular Hbond substituents is 1. The molecule has 19 heavy (non-hydrogen) atoms. The first-order chi connectivity index (χ1) is 9.26. The van der Waals surface area contributed by atoms with Crippen LogP contribution in [-0.4, -0.2) is 11.2 Å². The lowest BCUT2D eigenvalue weighted by Crippen LogP contribution is -2.23. The molecule has 0 saturated carbocycles. The van der Waals surface area contributed by atoms with Crippen LogP contribution in [0.15, 0.2) is 60.7 Å². The molecule has 1 aliphatic rings. The van der Waals surface area contributed by atoms with Gasteiger partial charge < -0.3 is 9.84 Å². The molecule has 100 valence electrons. The van der Waals surface area contributed by atoms with Gasteiger partial charge in [0, 0.05) is 0 Å². The maximum Gasteiger partial charge on any atom is 0.161 e. The first-order valence-corrected chi connectivity index (χ1v) is 6.66. The molecule has 0 saturated heterocycles. The minimum Gasteiger partial charge on any atom is -0.504 e. The van der Waals surface area contributed by atoms with Crippen molar-refractivity contribution >= 4 is 0 Å². The molecule has 0 spiro atoms. The van der Waals surface area contributed by atoms with E-state index in [-0.39, 0.29) is 11.9 Å². The summed E-state index contributed by atoms with van der Waals surface area (Å²) in [4.78, 5) is 0. The zero-order chi connectivity index (χ0) is 13.7. The van der Waals surface area contributed by atoms with Gasteiger partial charge in [0.15, 0.2) is 11.5 Å². The molecule has 2 nitrogen and oxygen atoms in total. The molecule has 0 aromatic heterocycles. The van der Waals surface area contributed by atoms with Crippen molar-refractivity contribution in [1.82, 2.24) is 0 Å². The number of hydrogen-bond donors (Lipinski definition) is 1. The molecule has 0 bridgehead atoms. The van der Waals surface area contributed by atoms with Gasteiger partial charge in [-0.05, 0) is 49.0 Å². The maximum absolute atomic E-state index is 9.80. The summed E-state index contributed by atoms with van der Waals surface area (Å²) in [5, 5.41) is 9.80. The van der Waals surface area contributed by atoms with Crippen molar-refractivity contribution in [1.29, 1.82) is 0 Å². The van der Waals surface area contributed by atoms with Gasteiger partial charge in [-0.1, -0.05) is 30.9 Å². The van der Waals surface area contributed by atoms with Gasteiger partial charge in [0.05, 0.1) is 0 Å². The predicted octanol–water partition coefficient (Wildman–Crippen LogP) is 4.38. The summed E-state index contributed by atoms with van der Waals surface area (Å²) >= 11 is 0. The second-order valence-corrected chi connectivity index (χ2v) is 4.71. The van der Waals surface area contributed by atoms with E-state index in [1.807, 2.05) is 18.2 Å². The highest BCUT2D eigenvalue weighted by atomic mass is 16.5. The molecule has 2 rings (SSSR count). The third-order valence-corrected chi connectivity index (χ3v) is 3.46. The quantitative estimate of drug-likeness (QED) is 0.792. The maximum atomic E-state index is 9.80. The van der Waals surface area contributed by atoms with E-state index in [9.17, 15) is 5.11 Å². The lowest BCUT2D eigenvalue weighted by atomic mass is 9.87. The Morgan fingerprint density at radius 2 is 2.11 bits per heavy atom. The third kappa shape index (κ3) is 3.08. The number of benzene rings is 1. The Morgan fingerprint density at radius 1 is 1.32 bits per heavy atom. The smallest absolute Gasteiger partial charge is 0.161 e. The Kier molecular flexibility index (Phi) is 4.45. The van der Waals surface area contributed by atoms with Gasteiger partial charge in [0.2, 0.25) is 0 Å². The van der Waals surface area contributed by atoms with Gasteiger partial charge in [-0.15, -0.1) is 6.58 Å². The van der Waals surface area contributed by atoms with E-state index in [0.717, 1.165) is 25.7 Å². The average molecular weight is 256 g/mol. The van der Waals surface area contributed by atoms with Gasteiger partial charge in [0.25, 0.3) is 0 Å². The van der Waals surface area contributed by atoms with E-state index < -0.39 is 0 Å². The number of aromatic hydroxyl groups is 1. The second kappa shape index (κ2) is 6.28. The van der Waals surface area contributed by atoms with E-state index in [1.54, 1.807) is 18.2 Å². The third-order valence-electron chi connectivity index (χ3n) is 3.46. The van der Waals surface area contributed by atoms with E-state index in [0.29, 0.717) is 5.75 Å². The fourth-order valence-corrected chi connectivity index (χ4v) is 2.51. The highest BCUT2D eigenvalue weighted by molar-refractivity contribution is 5.40. The van der Waals surface area contributed by atoms with Crippen LogP contribution in [0.2, 0.25) is 0 Å². The van der Waals surface area contributed by atoms with E-state index in [1.165, 1.54) is 11.1 Å². The zero-order valence-electron chi connectivity index (χ0n) is 11.1. The molecular formula is C17H20O2. The summed E-state index contributed by atoms with van der Waals surface area (Å²) in [7, 11) is 0. The van der Waals surface area contributed by atoms with Crippen molar-refractivity contribution < 1.29 is 9.84 Å². The van der Waals surface area contributed by atoms with Crippen LogP contribution >= 0.6 is 0 Å². The highest BCUT2D eigenvalue weighted by Crippen LogP contribution is 2.34. The molecule has 1 aromatic carbocycles. The van der Waals surface area contributed by atoms with Gasteiger partial charge in [-0.25, -0.2) is 0 Å². The summed E-state index contributed by atoms with van der Waals surface area (Å²) < 4.78 is 5.98. The van der Waals surface area contributed by atoms with Crippen LogP contribution < -0.4 is 4.74 Å². The van der Waals surface area contributed by atoms with Crippen LogP contribution in [0, 0.1) is 0 Å². The molecule has 1 aromatic rings. The monoisotopic (exact) mass is 256 g/mol. The number of rotatable bonds is 5. The highest BCUT2D eigenvalue weighted by Gasteiger charge is 2.23. The second-order valence-electron chi connectivity index (χ2n) is 4.71. The van der Waals surface area contributed by atoms with Crippen molar-refractivity contribution in [2.24, 2.45) is 0 Å². The first-order valence-electron chi connectivity index (χ1n) is 6.66. The van der Waals surface area contributed by atoms with Crippen LogP contribution in [-0.2, 0) is 0 Å². The lowest BCUT2D eigenvalue weighted by molar-refractivity contribution is 0.205. The molecule has 2 heteroatoms. The van der Waals surface area contributed by atoms with Crippen molar-refractivity contribution in [3.05, 3.63) is 60.7 Å². The zero-order valence-corrected chi connectivity index (χ0v) is 11.1. The largest absolute Gasteiger partial charge is 0.504 e. The molecule has 0 heterocycles. The molecule has 0 unspecified atom stereocenters. The van der Waals surface area contributed by atoms with Crippen LogP contribution in [0.5, 0.6) is 11.5 Å². The molecule has 1 atom stereocenters. The average Bonchev–Trinajstić information content (AvgIpc) is 2.43. The normalized spacial score (nSPS) is 19.1. The van der Waals surface area contributed by atoms with E-state index in [2.05, 4.69) is 13.2 Å². The van der Waals surface area contributed by atoms with Crippen LogP contribution in [0.25, 0.3) is 0 Å². The number of ether oxygens (including phenoxy) is 1. The topological polar surface area (TPSA) is 29.5 Å². The van der Waals surface area contributed by atoms with Crippen molar-refractivity contribution in [3.8, 4) is 11.5 Å². The summed E-state index contributed by atoms with van der Waals surface area (Å²) in [5.41, 5.74) is 2.49. The Morgan fingerprint density at radius 3 is 2.79 bits per heavy atom. The van der Waals surface area contributed by atoms with Crippen molar-refractivity contribution in [2.75, 3.05) is 0 Å². The minimum absolute atomic E-state index is 0.00745. The van der Waals surface area contributed by atoms with Gasteiger partial charge >= 0.3 is 0 Å². The molecule has 0 aliphatic heterocycles. The SMILES string of the molecule is C=CCC1=C(C=C)CCC[C@@H]1Oc1ccccc1O. The van der Waals surface area contributed by atoms with Crippen LogP contribution in [0.4, 0.5) is 0 Å². The standard InChI is InChI=1S/C17H20O2/c1-3-8-14-13(4-2)9-7-12-16(14)19-17-11-6-5-10-15(17)18/h3-6,10-11,16,18H,1-2,7-9,12H2/t16-/m0/s1. The molecule has 0 radical (unpaired) electrons. The first kappa shape index (κ1) is 13.5. The molecule has 0 amide bonds. The van der Waals surface area contributed by atoms with E-state index in [4.69, 9.17) is 4.74 Å². The van der Waals surface area contributed by atoms with Crippen LogP contribution in [0.3, 0.4) is 0 Å². The molecule has 1 aliphatic carbocycles. The van der Waals surface area contributed by atoms with Crippen LogP contribution in [0.1, 0.15) is 25.7 Å². The Balaban J connectivity index is 2.25. The van der Waals surface area contributed by atoms with Crippen molar-refractivity contribution in [3.63, 3.8) is 0 Å². The van der Waals surface area contributed by atoms with E-state index >= 15 is 0 Å². The van der Waals surface area contributed by atoms with Crippen molar-refractivity contribution in [2.45, 2.75) is 31.8 Å². The minimum atomic E-state index is 0.00745. The fraction of sp³-hybridized carbons (Fsp3) is 0.294. The molecular weight excluding hydrogens is 236 g/mol. The fourth-order valence-electron chi connectivity index (χ4n) is 2.51. The number of phenols is 1. The summed E-state index contributed by atoms with van der Waals surface area (Å²) in [6.45, 7) is 7.69. The lowest BCUT2D eigenvalue weighted by Gasteiger charge is -2.28. The Hall–Kier alpha value is -1.96. The Bertz CT molecular complexity index is 500. The number of hydrogen-bond acceptors (Lipinski definition) is 2. The summed E-state index contributed by atoms with van der Waals surface area (Å²) in [6.07, 6.45) is 7.72. The van der Waals surface area contributed by atoms with Gasteiger partial charge in [0.1, 0.15) is 6.10 Å². The number of para-hydroxylation sites is 2. The van der Waals surface area contributed by atoms with Gasteiger partial charge in [-0.3, -0.25) is 0 Å². The van der Waals surface area contributed by atoms with Gasteiger partial charge in [-0.2, -0.15) is 0 Å². The molecule has 1 N–H and O–H groups in total. The molecule has 0 fully saturated rings.